The van der Waals surface area contributed by atoms with Gasteiger partial charge in [0, 0.05) is 24.7 Å². The highest BCUT2D eigenvalue weighted by molar-refractivity contribution is 5.28. The third kappa shape index (κ3) is 11.9. The van der Waals surface area contributed by atoms with Gasteiger partial charge < -0.3 is 16.4 Å². The Labute approximate surface area is 187 Å². The molecule has 30 heavy (non-hydrogen) atoms. The van der Waals surface area contributed by atoms with Gasteiger partial charge in [0.05, 0.1) is 6.04 Å². The van der Waals surface area contributed by atoms with Gasteiger partial charge in [-0.3, -0.25) is 0 Å². The minimum atomic E-state index is -0.0189. The van der Waals surface area contributed by atoms with Crippen molar-refractivity contribution in [3.8, 4) is 0 Å². The molecule has 0 radical (unpaired) electrons. The molecule has 0 aliphatic rings. The maximum absolute atomic E-state index is 6.27. The van der Waals surface area contributed by atoms with Crippen LogP contribution in [0.3, 0.4) is 0 Å². The maximum atomic E-state index is 6.27. The minimum absolute atomic E-state index is 0.0189. The summed E-state index contributed by atoms with van der Waals surface area (Å²) in [6.45, 7) is 21.9. The van der Waals surface area contributed by atoms with E-state index in [1.54, 1.807) is 0 Å². The lowest BCUT2D eigenvalue weighted by Crippen LogP contribution is -2.52. The molecule has 3 heteroatoms. The largest absolute Gasteiger partial charge is 0.327 e. The van der Waals surface area contributed by atoms with Crippen molar-refractivity contribution >= 4 is 0 Å². The van der Waals surface area contributed by atoms with Crippen LogP contribution in [0.5, 0.6) is 0 Å². The average molecular weight is 416 g/mol. The summed E-state index contributed by atoms with van der Waals surface area (Å²) in [5.74, 6) is 0.636. The van der Waals surface area contributed by atoms with E-state index in [-0.39, 0.29) is 17.6 Å². The van der Waals surface area contributed by atoms with Crippen molar-refractivity contribution < 1.29 is 0 Å². The number of hydrogen-bond acceptors (Lipinski definition) is 3. The molecule has 4 N–H and O–H groups in total. The SMILES string of the molecule is CC(C)=C[C@H](NCC(C)(C)NCC(N)CC(C)C)c1ccc(CCC(C)(C)C)cc1. The van der Waals surface area contributed by atoms with Crippen molar-refractivity contribution in [3.05, 3.63) is 47.0 Å². The Hall–Kier alpha value is -1.16. The second kappa shape index (κ2) is 12.0. The lowest BCUT2D eigenvalue weighted by Gasteiger charge is -2.31. The molecule has 0 bridgehead atoms. The predicted molar refractivity (Wildman–Crippen MR) is 134 cm³/mol. The van der Waals surface area contributed by atoms with Crippen molar-refractivity contribution in [1.29, 1.82) is 0 Å². The van der Waals surface area contributed by atoms with Crippen LogP contribution in [0.2, 0.25) is 0 Å². The minimum Gasteiger partial charge on any atom is -0.327 e. The Kier molecular flexibility index (Phi) is 10.8. The van der Waals surface area contributed by atoms with Crippen molar-refractivity contribution in [2.75, 3.05) is 13.1 Å². The van der Waals surface area contributed by atoms with Gasteiger partial charge in [0.15, 0.2) is 0 Å². The fourth-order valence-electron chi connectivity index (χ4n) is 3.54. The Balaban J connectivity index is 2.72. The Bertz CT molecular complexity index is 631. The quantitative estimate of drug-likeness (QED) is 0.367. The number of nitrogens with one attached hydrogen (secondary N) is 2. The third-order valence-electron chi connectivity index (χ3n) is 5.38. The Morgan fingerprint density at radius 3 is 2.13 bits per heavy atom. The van der Waals surface area contributed by atoms with Gasteiger partial charge in [-0.15, -0.1) is 0 Å². The van der Waals surface area contributed by atoms with Crippen molar-refractivity contribution in [1.82, 2.24) is 10.6 Å². The summed E-state index contributed by atoms with van der Waals surface area (Å²) in [5.41, 5.74) is 10.7. The summed E-state index contributed by atoms with van der Waals surface area (Å²) in [6.07, 6.45) is 5.72. The molecule has 1 aromatic rings. The molecule has 172 valence electrons. The Morgan fingerprint density at radius 1 is 1.03 bits per heavy atom. The van der Waals surface area contributed by atoms with Crippen LogP contribution in [-0.2, 0) is 6.42 Å². The molecule has 2 atom stereocenters. The molecule has 0 saturated heterocycles. The monoisotopic (exact) mass is 415 g/mol. The molecule has 1 rings (SSSR count). The van der Waals surface area contributed by atoms with Crippen LogP contribution in [0.25, 0.3) is 0 Å². The molecule has 1 unspecified atom stereocenters. The number of rotatable bonds is 12. The first-order valence-corrected chi connectivity index (χ1v) is 11.8. The number of aryl methyl sites for hydroxylation is 1. The molecule has 0 aromatic heterocycles. The van der Waals surface area contributed by atoms with Crippen molar-refractivity contribution in [3.63, 3.8) is 0 Å². The molecule has 0 saturated carbocycles. The van der Waals surface area contributed by atoms with E-state index in [2.05, 4.69) is 103 Å². The van der Waals surface area contributed by atoms with Crippen molar-refractivity contribution in [2.24, 2.45) is 17.1 Å². The summed E-state index contributed by atoms with van der Waals surface area (Å²) < 4.78 is 0. The topological polar surface area (TPSA) is 50.1 Å². The van der Waals surface area contributed by atoms with Gasteiger partial charge in [0.2, 0.25) is 0 Å². The van der Waals surface area contributed by atoms with Crippen LogP contribution >= 0.6 is 0 Å². The first-order chi connectivity index (χ1) is 13.8. The van der Waals surface area contributed by atoms with Gasteiger partial charge in [0.1, 0.15) is 0 Å². The number of hydrogen-bond donors (Lipinski definition) is 3. The lowest BCUT2D eigenvalue weighted by atomic mass is 9.88. The van der Waals surface area contributed by atoms with Crippen LogP contribution < -0.4 is 16.4 Å². The number of benzene rings is 1. The average Bonchev–Trinajstić information content (AvgIpc) is 2.61. The molecule has 0 fully saturated rings. The van der Waals surface area contributed by atoms with Crippen LogP contribution in [0.1, 0.15) is 92.3 Å². The molecule has 1 aromatic carbocycles. The predicted octanol–water partition coefficient (Wildman–Crippen LogP) is 6.00. The molecule has 0 aliphatic carbocycles. The third-order valence-corrected chi connectivity index (χ3v) is 5.38. The van der Waals surface area contributed by atoms with E-state index >= 15 is 0 Å². The first-order valence-electron chi connectivity index (χ1n) is 11.8. The molecule has 0 aliphatic heterocycles. The smallest absolute Gasteiger partial charge is 0.0509 e. The van der Waals surface area contributed by atoms with E-state index in [1.165, 1.54) is 23.1 Å². The standard InChI is InChI=1S/C27H49N3/c1-20(2)16-24(28)18-30-27(8,9)19-29-25(17-21(3)4)23-12-10-22(11-13-23)14-15-26(5,6)7/h10-13,17,20,24-25,29-30H,14-16,18-19,28H2,1-9H3/t24?,25-/m0/s1. The Morgan fingerprint density at radius 2 is 1.63 bits per heavy atom. The van der Waals surface area contributed by atoms with Gasteiger partial charge >= 0.3 is 0 Å². The zero-order chi connectivity index (χ0) is 22.9. The highest BCUT2D eigenvalue weighted by Gasteiger charge is 2.20. The summed E-state index contributed by atoms with van der Waals surface area (Å²) in [6, 6.07) is 9.59. The van der Waals surface area contributed by atoms with Crippen LogP contribution in [0, 0.1) is 11.3 Å². The molecular formula is C27H49N3. The fourth-order valence-corrected chi connectivity index (χ4v) is 3.54. The highest BCUT2D eigenvalue weighted by Crippen LogP contribution is 2.23. The number of allylic oxidation sites excluding steroid dienone is 1. The first kappa shape index (κ1) is 26.9. The summed E-state index contributed by atoms with van der Waals surface area (Å²) in [7, 11) is 0. The second-order valence-electron chi connectivity index (χ2n) is 11.6. The number of nitrogens with two attached hydrogens (primary N) is 1. The van der Waals surface area contributed by atoms with E-state index in [0.717, 1.165) is 25.9 Å². The van der Waals surface area contributed by atoms with E-state index in [9.17, 15) is 0 Å². The van der Waals surface area contributed by atoms with Crippen LogP contribution in [0.15, 0.2) is 35.9 Å². The fraction of sp³-hybridized carbons (Fsp3) is 0.704. The van der Waals surface area contributed by atoms with Crippen molar-refractivity contribution in [2.45, 2.75) is 99.2 Å². The van der Waals surface area contributed by atoms with Gasteiger partial charge in [-0.05, 0) is 69.4 Å². The van der Waals surface area contributed by atoms with E-state index in [1.807, 2.05) is 0 Å². The molecule has 0 spiro atoms. The lowest BCUT2D eigenvalue weighted by molar-refractivity contribution is 0.334. The maximum Gasteiger partial charge on any atom is 0.0509 e. The highest BCUT2D eigenvalue weighted by atomic mass is 15.0. The normalized spacial score (nSPS) is 14.6. The van der Waals surface area contributed by atoms with E-state index in [4.69, 9.17) is 5.73 Å². The van der Waals surface area contributed by atoms with Crippen LogP contribution in [0.4, 0.5) is 0 Å². The summed E-state index contributed by atoms with van der Waals surface area (Å²) in [5, 5.41) is 7.42. The molecular weight excluding hydrogens is 366 g/mol. The van der Waals surface area contributed by atoms with E-state index < -0.39 is 0 Å². The molecule has 0 amide bonds. The zero-order valence-electron chi connectivity index (χ0n) is 21.2. The van der Waals surface area contributed by atoms with E-state index in [0.29, 0.717) is 11.3 Å². The summed E-state index contributed by atoms with van der Waals surface area (Å²) >= 11 is 0. The molecule has 0 heterocycles. The van der Waals surface area contributed by atoms with Gasteiger partial charge in [-0.2, -0.15) is 0 Å². The van der Waals surface area contributed by atoms with Crippen LogP contribution in [-0.4, -0.2) is 24.7 Å². The summed E-state index contributed by atoms with van der Waals surface area (Å²) in [4.78, 5) is 0. The zero-order valence-corrected chi connectivity index (χ0v) is 21.2. The second-order valence-corrected chi connectivity index (χ2v) is 11.6. The van der Waals surface area contributed by atoms with Gasteiger partial charge in [-0.1, -0.05) is 70.5 Å². The van der Waals surface area contributed by atoms with Gasteiger partial charge in [-0.25, -0.2) is 0 Å². The molecule has 3 nitrogen and oxygen atoms in total. The van der Waals surface area contributed by atoms with Gasteiger partial charge in [0.25, 0.3) is 0 Å².